The summed E-state index contributed by atoms with van der Waals surface area (Å²) in [6.07, 6.45) is 3.45. The van der Waals surface area contributed by atoms with Crippen LogP contribution in [-0.2, 0) is 4.79 Å². The summed E-state index contributed by atoms with van der Waals surface area (Å²) in [6.45, 7) is 10.2. The quantitative estimate of drug-likeness (QED) is 0.876. The number of hydrogen-bond acceptors (Lipinski definition) is 6. The van der Waals surface area contributed by atoms with Crippen LogP contribution in [0.1, 0.15) is 36.0 Å². The van der Waals surface area contributed by atoms with Crippen LogP contribution >= 0.6 is 11.3 Å². The fourth-order valence-electron chi connectivity index (χ4n) is 2.76. The minimum atomic E-state index is -0.474. The lowest BCUT2D eigenvalue weighted by molar-refractivity contribution is -0.123. The molecular weight excluding hydrogens is 362 g/mol. The van der Waals surface area contributed by atoms with Crippen molar-refractivity contribution >= 4 is 34.1 Å². The lowest BCUT2D eigenvalue weighted by Gasteiger charge is -2.34. The van der Waals surface area contributed by atoms with Crippen molar-refractivity contribution in [2.45, 2.75) is 27.7 Å². The van der Waals surface area contributed by atoms with Gasteiger partial charge in [-0.25, -0.2) is 9.97 Å². The van der Waals surface area contributed by atoms with Crippen molar-refractivity contribution in [3.8, 4) is 0 Å². The number of amides is 2. The molecule has 0 saturated carbocycles. The van der Waals surface area contributed by atoms with Crippen LogP contribution in [0.3, 0.4) is 0 Å². The third-order valence-electron chi connectivity index (χ3n) is 4.43. The SMILES string of the molecule is Cc1cc(NC(=O)C(C)(C)C)sc1C(=O)N1CCN(c2ncccn2)CC1. The summed E-state index contributed by atoms with van der Waals surface area (Å²) in [5, 5.41) is 3.63. The Labute approximate surface area is 163 Å². The monoisotopic (exact) mass is 387 g/mol. The molecule has 2 amide bonds. The first-order valence-corrected chi connectivity index (χ1v) is 9.80. The molecule has 1 aliphatic heterocycles. The van der Waals surface area contributed by atoms with Gasteiger partial charge in [-0.15, -0.1) is 11.3 Å². The number of aromatic nitrogens is 2. The standard InChI is InChI=1S/C19H25N5O2S/c1-13-12-14(22-17(26)19(2,3)4)27-15(13)16(25)23-8-10-24(11-9-23)18-20-6-5-7-21-18/h5-7,12H,8-11H2,1-4H3,(H,22,26). The second-order valence-electron chi connectivity index (χ2n) is 7.65. The number of carbonyl (C=O) groups is 2. The van der Waals surface area contributed by atoms with Crippen LogP contribution in [0.4, 0.5) is 10.9 Å². The molecule has 3 heterocycles. The Bertz CT molecular complexity index is 820. The summed E-state index contributed by atoms with van der Waals surface area (Å²) in [7, 11) is 0. The van der Waals surface area contributed by atoms with E-state index < -0.39 is 5.41 Å². The van der Waals surface area contributed by atoms with Gasteiger partial charge in [-0.3, -0.25) is 9.59 Å². The van der Waals surface area contributed by atoms with E-state index in [1.165, 1.54) is 11.3 Å². The van der Waals surface area contributed by atoms with Crippen molar-refractivity contribution in [1.29, 1.82) is 0 Å². The Kier molecular flexibility index (Phi) is 5.46. The number of rotatable bonds is 3. The molecule has 0 radical (unpaired) electrons. The highest BCUT2D eigenvalue weighted by molar-refractivity contribution is 7.18. The van der Waals surface area contributed by atoms with Gasteiger partial charge in [-0.1, -0.05) is 20.8 Å². The maximum absolute atomic E-state index is 12.9. The molecular formula is C19H25N5O2S. The third kappa shape index (κ3) is 4.44. The Hall–Kier alpha value is -2.48. The van der Waals surface area contributed by atoms with E-state index in [9.17, 15) is 9.59 Å². The van der Waals surface area contributed by atoms with Crippen molar-refractivity contribution in [2.75, 3.05) is 36.4 Å². The molecule has 1 fully saturated rings. The summed E-state index contributed by atoms with van der Waals surface area (Å²) in [5.41, 5.74) is 0.417. The summed E-state index contributed by atoms with van der Waals surface area (Å²) < 4.78 is 0. The summed E-state index contributed by atoms with van der Waals surface area (Å²) in [4.78, 5) is 38.3. The lowest BCUT2D eigenvalue weighted by Crippen LogP contribution is -2.49. The van der Waals surface area contributed by atoms with E-state index in [-0.39, 0.29) is 11.8 Å². The molecule has 0 spiro atoms. The van der Waals surface area contributed by atoms with Crippen LogP contribution in [0, 0.1) is 12.3 Å². The van der Waals surface area contributed by atoms with Gasteiger partial charge in [0.15, 0.2) is 0 Å². The predicted molar refractivity (Wildman–Crippen MR) is 107 cm³/mol. The van der Waals surface area contributed by atoms with Crippen molar-refractivity contribution < 1.29 is 9.59 Å². The van der Waals surface area contributed by atoms with Gasteiger partial charge in [-0.05, 0) is 24.6 Å². The maximum Gasteiger partial charge on any atom is 0.264 e. The van der Waals surface area contributed by atoms with Crippen LogP contribution in [0.2, 0.25) is 0 Å². The Morgan fingerprint density at radius 2 is 1.74 bits per heavy atom. The first-order chi connectivity index (χ1) is 12.8. The molecule has 2 aromatic heterocycles. The number of nitrogens with zero attached hydrogens (tertiary/aromatic N) is 4. The number of nitrogens with one attached hydrogen (secondary N) is 1. The van der Waals surface area contributed by atoms with E-state index in [0.29, 0.717) is 42.0 Å². The molecule has 8 heteroatoms. The Morgan fingerprint density at radius 1 is 1.11 bits per heavy atom. The zero-order valence-electron chi connectivity index (χ0n) is 16.2. The first kappa shape index (κ1) is 19.3. The van der Waals surface area contributed by atoms with Gasteiger partial charge in [-0.2, -0.15) is 0 Å². The van der Waals surface area contributed by atoms with Crippen molar-refractivity contribution in [2.24, 2.45) is 5.41 Å². The third-order valence-corrected chi connectivity index (χ3v) is 5.57. The molecule has 1 N–H and O–H groups in total. The lowest BCUT2D eigenvalue weighted by atomic mass is 9.96. The van der Waals surface area contributed by atoms with Crippen LogP contribution in [-0.4, -0.2) is 52.9 Å². The van der Waals surface area contributed by atoms with Crippen LogP contribution < -0.4 is 10.2 Å². The van der Waals surface area contributed by atoms with Gasteiger partial charge in [0.2, 0.25) is 11.9 Å². The van der Waals surface area contributed by atoms with E-state index in [1.54, 1.807) is 18.5 Å². The van der Waals surface area contributed by atoms with Gasteiger partial charge in [0, 0.05) is 44.0 Å². The zero-order chi connectivity index (χ0) is 19.6. The molecule has 3 rings (SSSR count). The Balaban J connectivity index is 1.64. The summed E-state index contributed by atoms with van der Waals surface area (Å²) in [5.74, 6) is 0.658. The fourth-order valence-corrected chi connectivity index (χ4v) is 3.80. The minimum absolute atomic E-state index is 0.0161. The number of anilines is 2. The number of thiophene rings is 1. The van der Waals surface area contributed by atoms with Gasteiger partial charge in [0.05, 0.1) is 9.88 Å². The highest BCUT2D eigenvalue weighted by atomic mass is 32.1. The molecule has 27 heavy (non-hydrogen) atoms. The molecule has 0 bridgehead atoms. The predicted octanol–water partition coefficient (Wildman–Crippen LogP) is 2.79. The number of carbonyl (C=O) groups excluding carboxylic acids is 2. The number of piperazine rings is 1. The van der Waals surface area contributed by atoms with Crippen molar-refractivity contribution in [1.82, 2.24) is 14.9 Å². The first-order valence-electron chi connectivity index (χ1n) is 8.99. The molecule has 0 aromatic carbocycles. The molecule has 7 nitrogen and oxygen atoms in total. The molecule has 144 valence electrons. The van der Waals surface area contributed by atoms with E-state index in [0.717, 1.165) is 5.56 Å². The Morgan fingerprint density at radius 3 is 2.33 bits per heavy atom. The maximum atomic E-state index is 12.9. The van der Waals surface area contributed by atoms with Crippen molar-refractivity contribution in [3.05, 3.63) is 35.0 Å². The van der Waals surface area contributed by atoms with E-state index in [2.05, 4.69) is 20.2 Å². The zero-order valence-corrected chi connectivity index (χ0v) is 17.0. The molecule has 1 aliphatic rings. The van der Waals surface area contributed by atoms with E-state index >= 15 is 0 Å². The largest absolute Gasteiger partial charge is 0.337 e. The molecule has 2 aromatic rings. The number of aryl methyl sites for hydroxylation is 1. The fraction of sp³-hybridized carbons (Fsp3) is 0.474. The molecule has 0 atom stereocenters. The molecule has 0 unspecified atom stereocenters. The molecule has 1 saturated heterocycles. The van der Waals surface area contributed by atoms with E-state index in [4.69, 9.17) is 0 Å². The smallest absolute Gasteiger partial charge is 0.264 e. The highest BCUT2D eigenvalue weighted by Crippen LogP contribution is 2.29. The van der Waals surface area contributed by atoms with Crippen LogP contribution in [0.25, 0.3) is 0 Å². The van der Waals surface area contributed by atoms with Gasteiger partial charge < -0.3 is 15.1 Å². The summed E-state index contributed by atoms with van der Waals surface area (Å²) >= 11 is 1.34. The average Bonchev–Trinajstić information content (AvgIpc) is 3.01. The highest BCUT2D eigenvalue weighted by Gasteiger charge is 2.27. The second-order valence-corrected chi connectivity index (χ2v) is 8.71. The van der Waals surface area contributed by atoms with Crippen LogP contribution in [0.5, 0.6) is 0 Å². The normalized spacial score (nSPS) is 15.0. The van der Waals surface area contributed by atoms with Gasteiger partial charge in [0.1, 0.15) is 0 Å². The van der Waals surface area contributed by atoms with Crippen LogP contribution in [0.15, 0.2) is 24.5 Å². The summed E-state index contributed by atoms with van der Waals surface area (Å²) in [6, 6.07) is 3.66. The number of hydrogen-bond donors (Lipinski definition) is 1. The van der Waals surface area contributed by atoms with Gasteiger partial charge in [0.25, 0.3) is 5.91 Å². The van der Waals surface area contributed by atoms with E-state index in [1.807, 2.05) is 38.7 Å². The molecule has 0 aliphatic carbocycles. The van der Waals surface area contributed by atoms with Crippen molar-refractivity contribution in [3.63, 3.8) is 0 Å². The minimum Gasteiger partial charge on any atom is -0.337 e. The topological polar surface area (TPSA) is 78.4 Å². The average molecular weight is 388 g/mol. The second kappa shape index (κ2) is 7.64. The van der Waals surface area contributed by atoms with Gasteiger partial charge >= 0.3 is 0 Å².